The van der Waals surface area contributed by atoms with Gasteiger partial charge in [-0.3, -0.25) is 14.9 Å². The molecule has 1 aliphatic carbocycles. The molecular formula is C29H33FN4O4. The second-order valence-corrected chi connectivity index (χ2v) is 10.5. The first-order chi connectivity index (χ1) is 18.5. The minimum Gasteiger partial charge on any atom is -0.356 e. The summed E-state index contributed by atoms with van der Waals surface area (Å²) in [5, 5.41) is 19.4. The van der Waals surface area contributed by atoms with E-state index >= 15 is 0 Å². The minimum absolute atomic E-state index is 0.0155. The van der Waals surface area contributed by atoms with Crippen LogP contribution in [0.15, 0.2) is 53.1 Å². The van der Waals surface area contributed by atoms with Crippen molar-refractivity contribution in [3.63, 3.8) is 0 Å². The minimum atomic E-state index is -0.442. The number of nitro groups is 1. The summed E-state index contributed by atoms with van der Waals surface area (Å²) >= 11 is 0. The van der Waals surface area contributed by atoms with Gasteiger partial charge in [-0.1, -0.05) is 30.1 Å². The highest BCUT2D eigenvalue weighted by molar-refractivity contribution is 5.92. The molecule has 5 rings (SSSR count). The van der Waals surface area contributed by atoms with E-state index in [-0.39, 0.29) is 17.4 Å². The van der Waals surface area contributed by atoms with Crippen molar-refractivity contribution in [2.75, 3.05) is 26.2 Å². The number of nitro benzene ring substituents is 1. The first kappa shape index (κ1) is 26.0. The normalized spacial score (nSPS) is 21.2. The van der Waals surface area contributed by atoms with E-state index in [2.05, 4.69) is 15.4 Å². The van der Waals surface area contributed by atoms with Crippen LogP contribution in [0.3, 0.4) is 0 Å². The van der Waals surface area contributed by atoms with Crippen LogP contribution in [0.4, 0.5) is 10.1 Å². The molecule has 2 fully saturated rings. The Morgan fingerprint density at radius 2 is 1.89 bits per heavy atom. The number of hydrogen-bond acceptors (Lipinski definition) is 6. The number of benzene rings is 2. The van der Waals surface area contributed by atoms with Crippen LogP contribution < -0.4 is 5.32 Å². The van der Waals surface area contributed by atoms with Gasteiger partial charge in [-0.15, -0.1) is 0 Å². The molecule has 38 heavy (non-hydrogen) atoms. The van der Waals surface area contributed by atoms with Gasteiger partial charge < -0.3 is 14.7 Å². The highest BCUT2D eigenvalue weighted by Gasteiger charge is 2.30. The Bertz CT molecular complexity index is 1310. The van der Waals surface area contributed by atoms with Gasteiger partial charge in [0.25, 0.3) is 5.69 Å². The van der Waals surface area contributed by atoms with Gasteiger partial charge in [0.15, 0.2) is 5.58 Å². The lowest BCUT2D eigenvalue weighted by molar-refractivity contribution is -0.385. The van der Waals surface area contributed by atoms with Gasteiger partial charge >= 0.3 is 0 Å². The first-order valence-electron chi connectivity index (χ1n) is 13.4. The van der Waals surface area contributed by atoms with Crippen molar-refractivity contribution in [3.8, 4) is 0 Å². The zero-order chi connectivity index (χ0) is 26.5. The third-order valence-electron chi connectivity index (χ3n) is 8.08. The Balaban J connectivity index is 1.12. The Morgan fingerprint density at radius 3 is 2.68 bits per heavy atom. The number of rotatable bonds is 8. The number of carbonyl (C=O) groups excluding carboxylic acids is 1. The molecule has 1 amide bonds. The van der Waals surface area contributed by atoms with Gasteiger partial charge in [0, 0.05) is 42.6 Å². The number of likely N-dealkylation sites (tertiary alicyclic amines) is 1. The highest BCUT2D eigenvalue weighted by Crippen LogP contribution is 2.35. The molecule has 0 unspecified atom stereocenters. The molecule has 8 nitrogen and oxygen atoms in total. The number of halogens is 1. The van der Waals surface area contributed by atoms with Gasteiger partial charge in [0.2, 0.25) is 5.91 Å². The molecule has 2 atom stereocenters. The summed E-state index contributed by atoms with van der Waals surface area (Å²) in [5.41, 5.74) is 1.84. The maximum Gasteiger partial charge on any atom is 0.276 e. The maximum atomic E-state index is 13.5. The lowest BCUT2D eigenvalue weighted by Gasteiger charge is -2.38. The predicted molar refractivity (Wildman–Crippen MR) is 143 cm³/mol. The number of fused-ring (bicyclic) bond motifs is 1. The summed E-state index contributed by atoms with van der Waals surface area (Å²) in [6.07, 6.45) is 9.50. The Morgan fingerprint density at radius 1 is 1.13 bits per heavy atom. The number of aromatic nitrogens is 1. The number of nitrogens with zero attached hydrogens (tertiary/aromatic N) is 3. The van der Waals surface area contributed by atoms with Crippen LogP contribution in [-0.4, -0.2) is 47.1 Å². The molecule has 1 N–H and O–H groups in total. The molecule has 3 aromatic rings. The standard InChI is InChI=1S/C29H33FN4O4/c30-24-10-11-25-27(17-24)38-32-29(25)21-13-15-33(16-14-21)19-23-7-2-1-6-22(23)18-31-28(35)12-9-20-5-3-4-8-26(20)34(36)37/h3-5,8-12,17,21-23H,1-2,6-7,13-16,18-19H2,(H,31,35)/t22-,23-/m0/s1. The molecule has 0 radical (unpaired) electrons. The van der Waals surface area contributed by atoms with Crippen LogP contribution in [0.25, 0.3) is 17.0 Å². The number of amides is 1. The van der Waals surface area contributed by atoms with Crippen molar-refractivity contribution < 1.29 is 18.6 Å². The number of piperidine rings is 1. The Hall–Kier alpha value is -3.59. The van der Waals surface area contributed by atoms with Crippen LogP contribution in [-0.2, 0) is 4.79 Å². The van der Waals surface area contributed by atoms with Gasteiger partial charge in [-0.25, -0.2) is 4.39 Å². The zero-order valence-corrected chi connectivity index (χ0v) is 21.4. The summed E-state index contributed by atoms with van der Waals surface area (Å²) in [5.74, 6) is 0.707. The third kappa shape index (κ3) is 6.10. The fourth-order valence-corrected chi connectivity index (χ4v) is 5.99. The highest BCUT2D eigenvalue weighted by atomic mass is 19.1. The first-order valence-corrected chi connectivity index (χ1v) is 13.4. The fourth-order valence-electron chi connectivity index (χ4n) is 5.99. The maximum absolute atomic E-state index is 13.5. The van der Waals surface area contributed by atoms with E-state index in [1.807, 2.05) is 0 Å². The number of hydrogen-bond donors (Lipinski definition) is 1. The second kappa shape index (κ2) is 11.9. The fraction of sp³-hybridized carbons (Fsp3) is 0.448. The van der Waals surface area contributed by atoms with E-state index < -0.39 is 4.92 Å². The van der Waals surface area contributed by atoms with Crippen molar-refractivity contribution in [1.29, 1.82) is 0 Å². The SMILES string of the molecule is O=C(C=Cc1ccccc1[N+](=O)[O-])NC[C@@H]1CCCC[C@H]1CN1CCC(c2noc3cc(F)ccc23)CC1. The summed E-state index contributed by atoms with van der Waals surface area (Å²) in [7, 11) is 0. The smallest absolute Gasteiger partial charge is 0.276 e. The van der Waals surface area contributed by atoms with Gasteiger partial charge in [0.1, 0.15) is 5.82 Å². The molecule has 1 aliphatic heterocycles. The molecule has 0 spiro atoms. The second-order valence-electron chi connectivity index (χ2n) is 10.5. The average Bonchev–Trinajstić information content (AvgIpc) is 3.35. The predicted octanol–water partition coefficient (Wildman–Crippen LogP) is 5.69. The molecule has 0 bridgehead atoms. The number of nitrogens with one attached hydrogen (secondary N) is 1. The molecular weight excluding hydrogens is 487 g/mol. The lowest BCUT2D eigenvalue weighted by atomic mass is 9.78. The van der Waals surface area contributed by atoms with Crippen LogP contribution in [0, 0.1) is 27.8 Å². The van der Waals surface area contributed by atoms with Crippen molar-refractivity contribution >= 4 is 28.6 Å². The van der Waals surface area contributed by atoms with Crippen molar-refractivity contribution in [2.24, 2.45) is 11.8 Å². The molecule has 1 saturated heterocycles. The molecule has 1 aromatic heterocycles. The van der Waals surface area contributed by atoms with E-state index in [1.165, 1.54) is 43.2 Å². The number of carbonyl (C=O) groups is 1. The van der Waals surface area contributed by atoms with Crippen LogP contribution in [0.2, 0.25) is 0 Å². The van der Waals surface area contributed by atoms with Gasteiger partial charge in [-0.2, -0.15) is 0 Å². The summed E-state index contributed by atoms with van der Waals surface area (Å²) in [6.45, 7) is 3.59. The van der Waals surface area contributed by atoms with Crippen molar-refractivity contribution in [1.82, 2.24) is 15.4 Å². The van der Waals surface area contributed by atoms with Crippen molar-refractivity contribution in [2.45, 2.75) is 44.4 Å². The Labute approximate surface area is 221 Å². The molecule has 1 saturated carbocycles. The Kier molecular flexibility index (Phi) is 8.12. The monoisotopic (exact) mass is 520 g/mol. The number of para-hydroxylation sites is 1. The van der Waals surface area contributed by atoms with E-state index in [0.717, 1.165) is 56.4 Å². The third-order valence-corrected chi connectivity index (χ3v) is 8.08. The van der Waals surface area contributed by atoms with Crippen LogP contribution in [0.1, 0.15) is 55.7 Å². The van der Waals surface area contributed by atoms with E-state index in [9.17, 15) is 19.3 Å². The van der Waals surface area contributed by atoms with E-state index in [1.54, 1.807) is 24.3 Å². The lowest BCUT2D eigenvalue weighted by Crippen LogP contribution is -2.42. The summed E-state index contributed by atoms with van der Waals surface area (Å²) < 4.78 is 18.9. The van der Waals surface area contributed by atoms with Gasteiger partial charge in [-0.05, 0) is 74.9 Å². The molecule has 2 aromatic carbocycles. The topological polar surface area (TPSA) is 102 Å². The summed E-state index contributed by atoms with van der Waals surface area (Å²) in [6, 6.07) is 11.0. The van der Waals surface area contributed by atoms with Crippen LogP contribution >= 0.6 is 0 Å². The molecule has 2 aliphatic rings. The largest absolute Gasteiger partial charge is 0.356 e. The van der Waals surface area contributed by atoms with E-state index in [0.29, 0.717) is 35.4 Å². The zero-order valence-electron chi connectivity index (χ0n) is 21.4. The van der Waals surface area contributed by atoms with Crippen molar-refractivity contribution in [3.05, 3.63) is 75.7 Å². The summed E-state index contributed by atoms with van der Waals surface area (Å²) in [4.78, 5) is 25.8. The molecule has 9 heteroatoms. The molecule has 200 valence electrons. The van der Waals surface area contributed by atoms with Gasteiger partial charge in [0.05, 0.1) is 16.2 Å². The van der Waals surface area contributed by atoms with E-state index in [4.69, 9.17) is 4.52 Å². The average molecular weight is 521 g/mol. The van der Waals surface area contributed by atoms with Crippen LogP contribution in [0.5, 0.6) is 0 Å². The molecule has 2 heterocycles. The quantitative estimate of drug-likeness (QED) is 0.233.